The summed E-state index contributed by atoms with van der Waals surface area (Å²) in [5.41, 5.74) is 1.14. The summed E-state index contributed by atoms with van der Waals surface area (Å²) < 4.78 is 30.0. The molecule has 1 aliphatic heterocycles. The zero-order chi connectivity index (χ0) is 18.5. The van der Waals surface area contributed by atoms with Gasteiger partial charge < -0.3 is 24.8 Å². The molecule has 0 atom stereocenters. The zero-order valence-corrected chi connectivity index (χ0v) is 14.7. The Bertz CT molecular complexity index is 795. The number of halogens is 1. The third-order valence-electron chi connectivity index (χ3n) is 3.68. The number of amides is 1. The summed E-state index contributed by atoms with van der Waals surface area (Å²) in [7, 11) is 0. The van der Waals surface area contributed by atoms with E-state index in [2.05, 4.69) is 10.6 Å². The fourth-order valence-corrected chi connectivity index (χ4v) is 2.47. The maximum absolute atomic E-state index is 14.0. The highest BCUT2D eigenvalue weighted by molar-refractivity contribution is 5.80. The molecular weight excluding hydrogens is 339 g/mol. The molecule has 1 amide bonds. The Labute approximate surface area is 151 Å². The van der Waals surface area contributed by atoms with Crippen molar-refractivity contribution in [2.75, 3.05) is 18.7 Å². The first-order valence-corrected chi connectivity index (χ1v) is 8.36. The average Bonchev–Trinajstić information content (AvgIpc) is 3.06. The van der Waals surface area contributed by atoms with Crippen molar-refractivity contribution in [2.45, 2.75) is 26.5 Å². The van der Waals surface area contributed by atoms with Gasteiger partial charge in [0, 0.05) is 12.6 Å². The van der Waals surface area contributed by atoms with Crippen molar-refractivity contribution in [3.63, 3.8) is 0 Å². The number of rotatable bonds is 7. The van der Waals surface area contributed by atoms with Gasteiger partial charge in [0.1, 0.15) is 11.6 Å². The number of fused-ring (bicyclic) bond motifs is 1. The van der Waals surface area contributed by atoms with Crippen molar-refractivity contribution in [3.8, 4) is 17.2 Å². The lowest BCUT2D eigenvalue weighted by atomic mass is 10.2. The molecule has 0 radical (unpaired) electrons. The van der Waals surface area contributed by atoms with E-state index in [4.69, 9.17) is 14.2 Å². The summed E-state index contributed by atoms with van der Waals surface area (Å²) in [4.78, 5) is 12.0. The first kappa shape index (κ1) is 17.8. The standard InChI is InChI=1S/C19H21FN2O4/c1-12(2)26-14-4-5-16(15(20)8-14)21-10-19(23)22-9-13-3-6-17-18(7-13)25-11-24-17/h3-8,12,21H,9-11H2,1-2H3,(H,22,23). The zero-order valence-electron chi connectivity index (χ0n) is 14.7. The molecule has 1 aliphatic rings. The fourth-order valence-electron chi connectivity index (χ4n) is 2.47. The number of ether oxygens (including phenoxy) is 3. The minimum Gasteiger partial charge on any atom is -0.491 e. The molecule has 2 aromatic rings. The molecule has 0 spiro atoms. The SMILES string of the molecule is CC(C)Oc1ccc(NCC(=O)NCc2ccc3c(c2)OCO3)c(F)c1. The van der Waals surface area contributed by atoms with Crippen molar-refractivity contribution in [2.24, 2.45) is 0 Å². The molecular formula is C19H21FN2O4. The molecule has 3 rings (SSSR count). The third-order valence-corrected chi connectivity index (χ3v) is 3.68. The van der Waals surface area contributed by atoms with Crippen molar-refractivity contribution >= 4 is 11.6 Å². The second-order valence-corrected chi connectivity index (χ2v) is 6.13. The van der Waals surface area contributed by atoms with Gasteiger partial charge in [-0.1, -0.05) is 6.07 Å². The molecule has 6 nitrogen and oxygen atoms in total. The van der Waals surface area contributed by atoms with Gasteiger partial charge in [0.05, 0.1) is 18.3 Å². The van der Waals surface area contributed by atoms with Gasteiger partial charge in [0.15, 0.2) is 11.5 Å². The average molecular weight is 360 g/mol. The first-order chi connectivity index (χ1) is 12.5. The largest absolute Gasteiger partial charge is 0.491 e. The van der Waals surface area contributed by atoms with Crippen LogP contribution in [0.1, 0.15) is 19.4 Å². The van der Waals surface area contributed by atoms with Gasteiger partial charge >= 0.3 is 0 Å². The van der Waals surface area contributed by atoms with Gasteiger partial charge in [0.25, 0.3) is 0 Å². The molecule has 0 aliphatic carbocycles. The van der Waals surface area contributed by atoms with Gasteiger partial charge in [-0.3, -0.25) is 4.79 Å². The highest BCUT2D eigenvalue weighted by Gasteiger charge is 2.13. The Hall–Kier alpha value is -2.96. The predicted octanol–water partition coefficient (Wildman–Crippen LogP) is 3.07. The maximum atomic E-state index is 14.0. The fraction of sp³-hybridized carbons (Fsp3) is 0.316. The number of nitrogens with one attached hydrogen (secondary N) is 2. The van der Waals surface area contributed by atoms with E-state index in [1.807, 2.05) is 26.0 Å². The van der Waals surface area contributed by atoms with Gasteiger partial charge in [-0.15, -0.1) is 0 Å². The molecule has 0 fully saturated rings. The number of carbonyl (C=O) groups is 1. The van der Waals surface area contributed by atoms with Crippen LogP contribution in [0, 0.1) is 5.82 Å². The first-order valence-electron chi connectivity index (χ1n) is 8.36. The Morgan fingerprint density at radius 2 is 2.00 bits per heavy atom. The van der Waals surface area contributed by atoms with Gasteiger partial charge in [-0.05, 0) is 43.7 Å². The summed E-state index contributed by atoms with van der Waals surface area (Å²) in [5.74, 6) is 1.11. The van der Waals surface area contributed by atoms with Gasteiger partial charge in [0.2, 0.25) is 12.7 Å². The monoisotopic (exact) mass is 360 g/mol. The molecule has 26 heavy (non-hydrogen) atoms. The van der Waals surface area contributed by atoms with Crippen molar-refractivity contribution in [1.82, 2.24) is 5.32 Å². The van der Waals surface area contributed by atoms with Crippen molar-refractivity contribution in [1.29, 1.82) is 0 Å². The summed E-state index contributed by atoms with van der Waals surface area (Å²) in [6.45, 7) is 4.26. The molecule has 1 heterocycles. The molecule has 7 heteroatoms. The van der Waals surface area contributed by atoms with E-state index in [1.165, 1.54) is 6.07 Å². The highest BCUT2D eigenvalue weighted by atomic mass is 19.1. The number of hydrogen-bond acceptors (Lipinski definition) is 5. The van der Waals surface area contributed by atoms with E-state index >= 15 is 0 Å². The van der Waals surface area contributed by atoms with Crippen LogP contribution in [0.15, 0.2) is 36.4 Å². The van der Waals surface area contributed by atoms with Gasteiger partial charge in [-0.2, -0.15) is 0 Å². The van der Waals surface area contributed by atoms with Crippen LogP contribution in [-0.4, -0.2) is 25.3 Å². The molecule has 2 N–H and O–H groups in total. The molecule has 0 saturated heterocycles. The number of carbonyl (C=O) groups excluding carboxylic acids is 1. The smallest absolute Gasteiger partial charge is 0.239 e. The Morgan fingerprint density at radius 3 is 2.77 bits per heavy atom. The Morgan fingerprint density at radius 1 is 1.19 bits per heavy atom. The lowest BCUT2D eigenvalue weighted by Gasteiger charge is -2.12. The lowest BCUT2D eigenvalue weighted by molar-refractivity contribution is -0.119. The van der Waals surface area contributed by atoms with Crippen LogP contribution in [0.5, 0.6) is 17.2 Å². The Balaban J connectivity index is 1.48. The molecule has 0 saturated carbocycles. The maximum Gasteiger partial charge on any atom is 0.239 e. The van der Waals surface area contributed by atoms with Crippen molar-refractivity contribution in [3.05, 3.63) is 47.8 Å². The van der Waals surface area contributed by atoms with Crippen LogP contribution < -0.4 is 24.8 Å². The van der Waals surface area contributed by atoms with E-state index < -0.39 is 5.82 Å². The second kappa shape index (κ2) is 7.95. The van der Waals surface area contributed by atoms with Crippen LogP contribution in [0.3, 0.4) is 0 Å². The number of hydrogen-bond donors (Lipinski definition) is 2. The molecule has 138 valence electrons. The predicted molar refractivity (Wildman–Crippen MR) is 95.1 cm³/mol. The van der Waals surface area contributed by atoms with Crippen LogP contribution in [0.2, 0.25) is 0 Å². The second-order valence-electron chi connectivity index (χ2n) is 6.13. The van der Waals surface area contributed by atoms with Crippen LogP contribution in [-0.2, 0) is 11.3 Å². The van der Waals surface area contributed by atoms with E-state index in [9.17, 15) is 9.18 Å². The van der Waals surface area contributed by atoms with Crippen molar-refractivity contribution < 1.29 is 23.4 Å². The van der Waals surface area contributed by atoms with Crippen LogP contribution in [0.4, 0.5) is 10.1 Å². The quantitative estimate of drug-likeness (QED) is 0.794. The Kier molecular flexibility index (Phi) is 5.46. The molecule has 0 unspecified atom stereocenters. The lowest BCUT2D eigenvalue weighted by Crippen LogP contribution is -2.29. The minimum atomic E-state index is -0.466. The van der Waals surface area contributed by atoms with E-state index in [-0.39, 0.29) is 31.0 Å². The molecule has 0 aromatic heterocycles. The summed E-state index contributed by atoms with van der Waals surface area (Å²) >= 11 is 0. The van der Waals surface area contributed by atoms with Crippen LogP contribution >= 0.6 is 0 Å². The molecule has 0 bridgehead atoms. The number of anilines is 1. The topological polar surface area (TPSA) is 68.8 Å². The number of benzene rings is 2. The van der Waals surface area contributed by atoms with E-state index in [0.29, 0.717) is 23.8 Å². The summed E-state index contributed by atoms with van der Waals surface area (Å²) in [5, 5.41) is 5.56. The van der Waals surface area contributed by atoms with Crippen LogP contribution in [0.25, 0.3) is 0 Å². The summed E-state index contributed by atoms with van der Waals surface area (Å²) in [6, 6.07) is 10.00. The summed E-state index contributed by atoms with van der Waals surface area (Å²) in [6.07, 6.45) is -0.0323. The minimum absolute atomic E-state index is 0.0323. The van der Waals surface area contributed by atoms with E-state index in [1.54, 1.807) is 18.2 Å². The third kappa shape index (κ3) is 4.56. The normalized spacial score (nSPS) is 12.2. The van der Waals surface area contributed by atoms with Gasteiger partial charge in [-0.25, -0.2) is 4.39 Å². The highest BCUT2D eigenvalue weighted by Crippen LogP contribution is 2.32. The molecule has 2 aromatic carbocycles. The van der Waals surface area contributed by atoms with E-state index in [0.717, 1.165) is 5.56 Å².